The third kappa shape index (κ3) is 3.98. The number of rotatable bonds is 5. The van der Waals surface area contributed by atoms with Crippen LogP contribution in [0.1, 0.15) is 15.9 Å². The van der Waals surface area contributed by atoms with E-state index in [0.29, 0.717) is 17.9 Å². The first kappa shape index (κ1) is 16.6. The van der Waals surface area contributed by atoms with Crippen molar-refractivity contribution < 1.29 is 14.6 Å². The van der Waals surface area contributed by atoms with Gasteiger partial charge in [0, 0.05) is 6.54 Å². The number of ether oxygens (including phenoxy) is 1. The maximum absolute atomic E-state index is 12.7. The van der Waals surface area contributed by atoms with Crippen molar-refractivity contribution in [3.05, 3.63) is 83.9 Å². The zero-order valence-corrected chi connectivity index (χ0v) is 13.9. The van der Waals surface area contributed by atoms with Gasteiger partial charge in [-0.1, -0.05) is 42.5 Å². The van der Waals surface area contributed by atoms with Crippen molar-refractivity contribution in [1.29, 1.82) is 0 Å². The zero-order chi connectivity index (χ0) is 17.6. The summed E-state index contributed by atoms with van der Waals surface area (Å²) in [4.78, 5) is 12.7. The zero-order valence-electron chi connectivity index (χ0n) is 13.9. The highest BCUT2D eigenvalue weighted by Gasteiger charge is 2.14. The van der Waals surface area contributed by atoms with Crippen LogP contribution in [0, 0.1) is 0 Å². The first-order valence-corrected chi connectivity index (χ1v) is 7.97. The number of methoxy groups -OCH3 is 1. The van der Waals surface area contributed by atoms with Crippen LogP contribution in [0.25, 0.3) is 11.1 Å². The summed E-state index contributed by atoms with van der Waals surface area (Å²) in [6.07, 6.45) is 0. The predicted molar refractivity (Wildman–Crippen MR) is 97.7 cm³/mol. The minimum atomic E-state index is -0.238. The lowest BCUT2D eigenvalue weighted by molar-refractivity contribution is 0.0951. The van der Waals surface area contributed by atoms with E-state index in [-0.39, 0.29) is 11.7 Å². The highest BCUT2D eigenvalue weighted by molar-refractivity contribution is 6.01. The van der Waals surface area contributed by atoms with Crippen LogP contribution < -0.4 is 10.1 Å². The van der Waals surface area contributed by atoms with Crippen molar-refractivity contribution in [3.63, 3.8) is 0 Å². The van der Waals surface area contributed by atoms with E-state index < -0.39 is 0 Å². The number of hydrogen-bond donors (Lipinski definition) is 2. The van der Waals surface area contributed by atoms with Gasteiger partial charge in [-0.2, -0.15) is 0 Å². The highest BCUT2D eigenvalue weighted by atomic mass is 16.5. The van der Waals surface area contributed by atoms with Crippen molar-refractivity contribution in [2.75, 3.05) is 7.11 Å². The first-order valence-electron chi connectivity index (χ1n) is 7.97. The molecule has 2 N–H and O–H groups in total. The fourth-order valence-electron chi connectivity index (χ4n) is 2.64. The molecule has 1 amide bonds. The Morgan fingerprint density at radius 2 is 1.80 bits per heavy atom. The van der Waals surface area contributed by atoms with Gasteiger partial charge in [0.2, 0.25) is 0 Å². The minimum Gasteiger partial charge on any atom is -0.508 e. The van der Waals surface area contributed by atoms with E-state index >= 15 is 0 Å². The summed E-state index contributed by atoms with van der Waals surface area (Å²) in [6, 6.07) is 22.0. The van der Waals surface area contributed by atoms with E-state index in [2.05, 4.69) is 5.32 Å². The van der Waals surface area contributed by atoms with Gasteiger partial charge in [-0.3, -0.25) is 4.79 Å². The number of amides is 1. The molecule has 0 bridgehead atoms. The fourth-order valence-corrected chi connectivity index (χ4v) is 2.64. The van der Waals surface area contributed by atoms with Gasteiger partial charge in [-0.15, -0.1) is 0 Å². The molecule has 0 saturated heterocycles. The fraction of sp³-hybridized carbons (Fsp3) is 0.0952. The van der Waals surface area contributed by atoms with Crippen LogP contribution in [0.5, 0.6) is 11.5 Å². The van der Waals surface area contributed by atoms with Gasteiger partial charge in [0.1, 0.15) is 11.5 Å². The first-order chi connectivity index (χ1) is 12.2. The second-order valence-electron chi connectivity index (χ2n) is 5.63. The Kier molecular flexibility index (Phi) is 5.00. The molecule has 4 heteroatoms. The average molecular weight is 333 g/mol. The quantitative estimate of drug-likeness (QED) is 0.742. The maximum atomic E-state index is 12.7. The number of phenols is 1. The van der Waals surface area contributed by atoms with Gasteiger partial charge in [0.25, 0.3) is 5.91 Å². The van der Waals surface area contributed by atoms with Gasteiger partial charge in [0.15, 0.2) is 0 Å². The maximum Gasteiger partial charge on any atom is 0.252 e. The van der Waals surface area contributed by atoms with Crippen LogP contribution in [0.3, 0.4) is 0 Å². The Morgan fingerprint density at radius 3 is 2.56 bits per heavy atom. The number of carbonyl (C=O) groups is 1. The molecule has 25 heavy (non-hydrogen) atoms. The van der Waals surface area contributed by atoms with Crippen molar-refractivity contribution in [2.24, 2.45) is 0 Å². The standard InChI is InChI=1S/C21H19NO3/c1-25-18-9-5-8-16(12-18)19-11-10-17(23)13-20(19)21(24)22-14-15-6-3-2-4-7-15/h2-13,23H,14H2,1H3,(H,22,24). The molecule has 0 spiro atoms. The van der Waals surface area contributed by atoms with Gasteiger partial charge in [-0.05, 0) is 47.0 Å². The highest BCUT2D eigenvalue weighted by Crippen LogP contribution is 2.29. The molecule has 3 aromatic rings. The predicted octanol–water partition coefficient (Wildman–Crippen LogP) is 4.00. The van der Waals surface area contributed by atoms with Crippen LogP contribution in [-0.4, -0.2) is 18.1 Å². The molecule has 0 unspecified atom stereocenters. The molecule has 3 rings (SSSR count). The molecule has 0 atom stereocenters. The summed E-state index contributed by atoms with van der Waals surface area (Å²) in [5.41, 5.74) is 3.02. The Labute approximate surface area is 146 Å². The molecule has 0 aliphatic rings. The number of carbonyl (C=O) groups excluding carboxylic acids is 1. The molecule has 0 radical (unpaired) electrons. The average Bonchev–Trinajstić information content (AvgIpc) is 2.67. The second-order valence-corrected chi connectivity index (χ2v) is 5.63. The summed E-state index contributed by atoms with van der Waals surface area (Å²) in [5, 5.41) is 12.7. The van der Waals surface area contributed by atoms with Crippen LogP contribution >= 0.6 is 0 Å². The molecule has 0 fully saturated rings. The third-order valence-corrected chi connectivity index (χ3v) is 3.92. The van der Waals surface area contributed by atoms with Crippen LogP contribution in [0.15, 0.2) is 72.8 Å². The topological polar surface area (TPSA) is 58.6 Å². The molecule has 4 nitrogen and oxygen atoms in total. The lowest BCUT2D eigenvalue weighted by Gasteiger charge is -2.12. The number of phenolic OH excluding ortho intramolecular Hbond substituents is 1. The van der Waals surface area contributed by atoms with Crippen LogP contribution in [-0.2, 0) is 6.54 Å². The largest absolute Gasteiger partial charge is 0.508 e. The van der Waals surface area contributed by atoms with E-state index in [4.69, 9.17) is 4.74 Å². The Hall–Kier alpha value is -3.27. The molecular formula is C21H19NO3. The number of aromatic hydroxyl groups is 1. The normalized spacial score (nSPS) is 10.3. The number of benzene rings is 3. The van der Waals surface area contributed by atoms with E-state index in [1.165, 1.54) is 6.07 Å². The van der Waals surface area contributed by atoms with Gasteiger partial charge in [0.05, 0.1) is 12.7 Å². The van der Waals surface area contributed by atoms with E-state index in [9.17, 15) is 9.90 Å². The summed E-state index contributed by atoms with van der Waals surface area (Å²) >= 11 is 0. The van der Waals surface area contributed by atoms with Gasteiger partial charge >= 0.3 is 0 Å². The van der Waals surface area contributed by atoms with Gasteiger partial charge < -0.3 is 15.2 Å². The Balaban J connectivity index is 1.89. The summed E-state index contributed by atoms with van der Waals surface area (Å²) in [6.45, 7) is 0.423. The van der Waals surface area contributed by atoms with E-state index in [0.717, 1.165) is 16.7 Å². The molecule has 0 aliphatic heterocycles. The smallest absolute Gasteiger partial charge is 0.252 e. The van der Waals surface area contributed by atoms with E-state index in [1.807, 2.05) is 54.6 Å². The lowest BCUT2D eigenvalue weighted by atomic mass is 9.98. The Morgan fingerprint density at radius 1 is 1.00 bits per heavy atom. The van der Waals surface area contributed by atoms with Crippen LogP contribution in [0.2, 0.25) is 0 Å². The molecule has 0 aliphatic carbocycles. The number of nitrogens with one attached hydrogen (secondary N) is 1. The molecule has 3 aromatic carbocycles. The van der Waals surface area contributed by atoms with E-state index in [1.54, 1.807) is 19.2 Å². The minimum absolute atomic E-state index is 0.0523. The molecule has 126 valence electrons. The molecule has 0 saturated carbocycles. The van der Waals surface area contributed by atoms with Crippen molar-refractivity contribution >= 4 is 5.91 Å². The van der Waals surface area contributed by atoms with Crippen molar-refractivity contribution in [2.45, 2.75) is 6.54 Å². The monoisotopic (exact) mass is 333 g/mol. The molecule has 0 aromatic heterocycles. The van der Waals surface area contributed by atoms with Crippen LogP contribution in [0.4, 0.5) is 0 Å². The van der Waals surface area contributed by atoms with Crippen molar-refractivity contribution in [1.82, 2.24) is 5.32 Å². The van der Waals surface area contributed by atoms with Gasteiger partial charge in [-0.25, -0.2) is 0 Å². The SMILES string of the molecule is COc1cccc(-c2ccc(O)cc2C(=O)NCc2ccccc2)c1. The Bertz CT molecular complexity index is 875. The molecule has 0 heterocycles. The summed E-state index contributed by atoms with van der Waals surface area (Å²) < 4.78 is 5.26. The lowest BCUT2D eigenvalue weighted by Crippen LogP contribution is -2.23. The summed E-state index contributed by atoms with van der Waals surface area (Å²) in [7, 11) is 1.60. The number of hydrogen-bond acceptors (Lipinski definition) is 3. The summed E-state index contributed by atoms with van der Waals surface area (Å²) in [5.74, 6) is 0.523. The second kappa shape index (κ2) is 7.53. The molecular weight excluding hydrogens is 314 g/mol. The van der Waals surface area contributed by atoms with Crippen molar-refractivity contribution in [3.8, 4) is 22.6 Å². The third-order valence-electron chi connectivity index (χ3n) is 3.92.